The minimum Gasteiger partial charge on any atom is -0.492 e. The smallest absolute Gasteiger partial charge is 0.306 e. The summed E-state index contributed by atoms with van der Waals surface area (Å²) in [5.41, 5.74) is 2.09. The van der Waals surface area contributed by atoms with E-state index in [1.54, 1.807) is 12.3 Å². The fourth-order valence-electron chi connectivity index (χ4n) is 3.32. The molecule has 1 atom stereocenters. The van der Waals surface area contributed by atoms with Gasteiger partial charge in [0.15, 0.2) is 0 Å². The molecule has 176 valence electrons. The Morgan fingerprint density at radius 2 is 2.00 bits per heavy atom. The Bertz CT molecular complexity index is 1360. The van der Waals surface area contributed by atoms with E-state index in [4.69, 9.17) is 15.1 Å². The van der Waals surface area contributed by atoms with Crippen LogP contribution in [-0.2, 0) is 26.0 Å². The fraction of sp³-hybridized carbons (Fsp3) is 0.217. The summed E-state index contributed by atoms with van der Waals surface area (Å²) in [5.74, 6) is -1.73. The monoisotopic (exact) mass is 482 g/mol. The molecule has 0 aliphatic carbocycles. The molecule has 10 nitrogen and oxygen atoms in total. The van der Waals surface area contributed by atoms with Crippen molar-refractivity contribution in [3.63, 3.8) is 0 Å². The summed E-state index contributed by atoms with van der Waals surface area (Å²) in [6, 6.07) is 13.5. The lowest BCUT2D eigenvalue weighted by Gasteiger charge is -2.16. The highest BCUT2D eigenvalue weighted by Crippen LogP contribution is 2.28. The Balaban J connectivity index is 1.87. The topological polar surface area (TPSA) is 158 Å². The molecule has 11 heteroatoms. The number of pyridine rings is 1. The van der Waals surface area contributed by atoms with Crippen LogP contribution < -0.4 is 14.8 Å². The molecule has 0 saturated carbocycles. The van der Waals surface area contributed by atoms with E-state index in [0.29, 0.717) is 12.1 Å². The lowest BCUT2D eigenvalue weighted by molar-refractivity contribution is -0.137. The highest BCUT2D eigenvalue weighted by atomic mass is 32.2. The molecular weight excluding hydrogens is 460 g/mol. The number of anilines is 1. The second-order valence-corrected chi connectivity index (χ2v) is 9.01. The van der Waals surface area contributed by atoms with Crippen LogP contribution in [0.15, 0.2) is 59.6 Å². The first kappa shape index (κ1) is 24.6. The van der Waals surface area contributed by atoms with E-state index in [1.165, 1.54) is 25.1 Å². The Hall–Kier alpha value is -4.01. The highest BCUT2D eigenvalue weighted by Gasteiger charge is 2.25. The SMILES string of the molecule is CC(=O)Nc1ccc(S(=O)(=O)N[C@H](C#N)CC(=O)O)c(OCCc2cccc3ncccc23)c1. The number of aromatic nitrogens is 1. The minimum atomic E-state index is -4.31. The van der Waals surface area contributed by atoms with Crippen LogP contribution in [0, 0.1) is 11.3 Å². The molecule has 0 spiro atoms. The Morgan fingerprint density at radius 1 is 1.21 bits per heavy atom. The van der Waals surface area contributed by atoms with Gasteiger partial charge in [0.25, 0.3) is 0 Å². The van der Waals surface area contributed by atoms with E-state index in [-0.39, 0.29) is 23.2 Å². The van der Waals surface area contributed by atoms with Crippen LogP contribution in [0.3, 0.4) is 0 Å². The zero-order chi connectivity index (χ0) is 24.7. The van der Waals surface area contributed by atoms with E-state index in [9.17, 15) is 18.0 Å². The van der Waals surface area contributed by atoms with Crippen molar-refractivity contribution in [2.24, 2.45) is 0 Å². The molecule has 0 aliphatic rings. The lowest BCUT2D eigenvalue weighted by Crippen LogP contribution is -2.35. The lowest BCUT2D eigenvalue weighted by atomic mass is 10.1. The summed E-state index contributed by atoms with van der Waals surface area (Å²) in [5, 5.41) is 21.5. The van der Waals surface area contributed by atoms with Crippen molar-refractivity contribution in [3.05, 3.63) is 60.3 Å². The molecule has 0 aliphatic heterocycles. The predicted octanol–water partition coefficient (Wildman–Crippen LogP) is 2.46. The van der Waals surface area contributed by atoms with E-state index >= 15 is 0 Å². The number of amides is 1. The molecule has 0 fully saturated rings. The summed E-state index contributed by atoms with van der Waals surface area (Å²) >= 11 is 0. The number of hydrogen-bond acceptors (Lipinski definition) is 7. The van der Waals surface area contributed by atoms with Gasteiger partial charge in [0.1, 0.15) is 16.7 Å². The highest BCUT2D eigenvalue weighted by molar-refractivity contribution is 7.89. The van der Waals surface area contributed by atoms with E-state index < -0.39 is 28.5 Å². The van der Waals surface area contributed by atoms with Gasteiger partial charge < -0.3 is 15.2 Å². The quantitative estimate of drug-likeness (QED) is 0.397. The molecule has 3 rings (SSSR count). The first-order valence-electron chi connectivity index (χ1n) is 10.2. The van der Waals surface area contributed by atoms with Gasteiger partial charge in [-0.15, -0.1) is 0 Å². The Morgan fingerprint density at radius 3 is 2.71 bits per heavy atom. The van der Waals surface area contributed by atoms with Crippen LogP contribution in [0.1, 0.15) is 18.9 Å². The van der Waals surface area contributed by atoms with Gasteiger partial charge in [0.05, 0.1) is 24.6 Å². The number of nitrogens with one attached hydrogen (secondary N) is 2. The molecule has 0 radical (unpaired) electrons. The third-order valence-electron chi connectivity index (χ3n) is 4.75. The molecule has 1 aromatic heterocycles. The molecule has 0 bridgehead atoms. The van der Waals surface area contributed by atoms with Crippen molar-refractivity contribution in [2.45, 2.75) is 30.7 Å². The van der Waals surface area contributed by atoms with Gasteiger partial charge in [-0.3, -0.25) is 14.6 Å². The van der Waals surface area contributed by atoms with Crippen molar-refractivity contribution < 1.29 is 27.9 Å². The molecule has 3 aromatic rings. The molecule has 0 saturated heterocycles. The number of carboxylic acids is 1. The number of carbonyl (C=O) groups is 2. The van der Waals surface area contributed by atoms with Crippen molar-refractivity contribution in [3.8, 4) is 11.8 Å². The number of ether oxygens (including phenoxy) is 1. The largest absolute Gasteiger partial charge is 0.492 e. The van der Waals surface area contributed by atoms with Crippen LogP contribution in [0.4, 0.5) is 5.69 Å². The van der Waals surface area contributed by atoms with Gasteiger partial charge in [0, 0.05) is 36.7 Å². The summed E-state index contributed by atoms with van der Waals surface area (Å²) in [6.07, 6.45) is 1.43. The predicted molar refractivity (Wildman–Crippen MR) is 124 cm³/mol. The molecule has 1 amide bonds. The third-order valence-corrected chi connectivity index (χ3v) is 6.26. The van der Waals surface area contributed by atoms with Gasteiger partial charge in [0.2, 0.25) is 15.9 Å². The molecule has 34 heavy (non-hydrogen) atoms. The standard InChI is InChI=1S/C23H22N4O6S/c1-15(28)26-17-7-8-22(34(31,32)27-18(14-24)13-23(29)30)21(12-17)33-11-9-16-4-2-6-20-19(16)5-3-10-25-20/h2-8,10,12,18,27H,9,11,13H2,1H3,(H,26,28)(H,29,30)/t18-/m0/s1. The van der Waals surface area contributed by atoms with Crippen molar-refractivity contribution in [1.82, 2.24) is 9.71 Å². The first-order chi connectivity index (χ1) is 16.2. The molecule has 3 N–H and O–H groups in total. The number of aliphatic carboxylic acids is 1. The van der Waals surface area contributed by atoms with Crippen molar-refractivity contribution in [2.75, 3.05) is 11.9 Å². The number of nitriles is 1. The summed E-state index contributed by atoms with van der Waals surface area (Å²) < 4.78 is 33.7. The van der Waals surface area contributed by atoms with Gasteiger partial charge in [-0.1, -0.05) is 18.2 Å². The number of hydrogen-bond donors (Lipinski definition) is 3. The maximum atomic E-state index is 12.9. The first-order valence-corrected chi connectivity index (χ1v) is 11.7. The van der Waals surface area contributed by atoms with Gasteiger partial charge in [-0.2, -0.15) is 9.98 Å². The number of benzene rings is 2. The Labute approximate surface area is 196 Å². The number of carbonyl (C=O) groups excluding carboxylic acids is 1. The zero-order valence-electron chi connectivity index (χ0n) is 18.2. The van der Waals surface area contributed by atoms with Gasteiger partial charge in [-0.05, 0) is 29.8 Å². The van der Waals surface area contributed by atoms with Crippen LogP contribution in [0.5, 0.6) is 5.75 Å². The van der Waals surface area contributed by atoms with Crippen LogP contribution in [-0.4, -0.2) is 43.0 Å². The second kappa shape index (κ2) is 10.7. The van der Waals surface area contributed by atoms with Crippen LogP contribution >= 0.6 is 0 Å². The average molecular weight is 483 g/mol. The zero-order valence-corrected chi connectivity index (χ0v) is 19.0. The van der Waals surface area contributed by atoms with Gasteiger partial charge in [-0.25, -0.2) is 8.42 Å². The number of carboxylic acid groups (broad SMARTS) is 1. The molecule has 2 aromatic carbocycles. The van der Waals surface area contributed by atoms with E-state index in [2.05, 4.69) is 15.0 Å². The van der Waals surface area contributed by atoms with Gasteiger partial charge >= 0.3 is 5.97 Å². The maximum absolute atomic E-state index is 12.9. The number of nitrogens with zero attached hydrogens (tertiary/aromatic N) is 2. The Kier molecular flexibility index (Phi) is 7.78. The van der Waals surface area contributed by atoms with Crippen molar-refractivity contribution >= 4 is 38.5 Å². The fourth-order valence-corrected chi connectivity index (χ4v) is 4.59. The third kappa shape index (κ3) is 6.28. The second-order valence-electron chi connectivity index (χ2n) is 7.33. The maximum Gasteiger partial charge on any atom is 0.306 e. The number of sulfonamides is 1. The minimum absolute atomic E-state index is 0.0517. The summed E-state index contributed by atoms with van der Waals surface area (Å²) in [6.45, 7) is 1.42. The van der Waals surface area contributed by atoms with E-state index in [1.807, 2.05) is 30.3 Å². The normalized spacial score (nSPS) is 12.0. The van der Waals surface area contributed by atoms with Crippen LogP contribution in [0.25, 0.3) is 10.9 Å². The molecule has 1 heterocycles. The summed E-state index contributed by atoms with van der Waals surface area (Å²) in [4.78, 5) is 26.4. The summed E-state index contributed by atoms with van der Waals surface area (Å²) in [7, 11) is -4.31. The van der Waals surface area contributed by atoms with Crippen LogP contribution in [0.2, 0.25) is 0 Å². The number of fused-ring (bicyclic) bond motifs is 1. The van der Waals surface area contributed by atoms with Crippen molar-refractivity contribution in [1.29, 1.82) is 5.26 Å². The van der Waals surface area contributed by atoms with E-state index in [0.717, 1.165) is 16.5 Å². The number of rotatable bonds is 10. The molecular formula is C23H22N4O6S. The molecule has 0 unspecified atom stereocenters. The average Bonchev–Trinajstić information content (AvgIpc) is 2.78.